The van der Waals surface area contributed by atoms with Crippen LogP contribution in [0.15, 0.2) is 21.5 Å². The number of aromatic nitrogens is 4. The Bertz CT molecular complexity index is 3380. The van der Waals surface area contributed by atoms with Crippen LogP contribution in [0.25, 0.3) is 0 Å². The van der Waals surface area contributed by atoms with Crippen LogP contribution >= 0.6 is 45.3 Å². The molecule has 10 atom stereocenters. The fourth-order valence-electron chi connectivity index (χ4n) is 13.8. The molecule has 4 fully saturated rings. The number of hydrogen-bond donors (Lipinski definition) is 2. The van der Waals surface area contributed by atoms with E-state index in [1.165, 1.54) is 25.2 Å². The Morgan fingerprint density at radius 1 is 0.584 bits per heavy atom. The van der Waals surface area contributed by atoms with Crippen molar-refractivity contribution < 1.29 is 70.5 Å². The molecule has 2 saturated carbocycles. The number of ether oxygens (including phenoxy) is 4. The minimum absolute atomic E-state index is 0.00155. The summed E-state index contributed by atoms with van der Waals surface area (Å²) < 4.78 is 62.1. The van der Waals surface area contributed by atoms with E-state index in [1.54, 1.807) is 46.0 Å². The van der Waals surface area contributed by atoms with E-state index in [0.717, 1.165) is 83.7 Å². The number of aryl methyl sites for hydroxylation is 1. The Kier molecular flexibility index (Phi) is 31.4. The Labute approximate surface area is 609 Å². The number of nitrogens with zero attached hydrogens (tertiary/aromatic N) is 8. The number of carbonyl (C=O) groups excluding carboxylic acids is 8. The summed E-state index contributed by atoms with van der Waals surface area (Å²) in [6.07, 6.45) is 2.52. The van der Waals surface area contributed by atoms with E-state index in [1.807, 2.05) is 77.7 Å². The van der Waals surface area contributed by atoms with Gasteiger partial charge in [-0.05, 0) is 95.1 Å². The van der Waals surface area contributed by atoms with Gasteiger partial charge in [-0.25, -0.2) is 19.9 Å². The second-order valence-electron chi connectivity index (χ2n) is 29.4. The number of carbonyl (C=O) groups is 8. The van der Waals surface area contributed by atoms with Crippen LogP contribution in [0.3, 0.4) is 0 Å². The molecule has 0 spiro atoms. The Morgan fingerprint density at radius 2 is 0.980 bits per heavy atom. The second kappa shape index (κ2) is 38.4. The molecular weight excluding hydrogens is 1380 g/mol. The van der Waals surface area contributed by atoms with E-state index in [9.17, 15) is 51.5 Å². The molecule has 0 radical (unpaired) electrons. The van der Waals surface area contributed by atoms with Gasteiger partial charge in [-0.15, -0.1) is 45.3 Å². The molecule has 0 bridgehead atoms. The third kappa shape index (κ3) is 24.2. The maximum Gasteiger partial charge on any atom is 0.434 e. The lowest BCUT2D eigenvalue weighted by atomic mass is 9.72. The normalized spacial score (nSPS) is 19.5. The van der Waals surface area contributed by atoms with Gasteiger partial charge in [0.15, 0.2) is 29.5 Å². The zero-order valence-corrected chi connectivity index (χ0v) is 64.7. The maximum absolute atomic E-state index is 14.2. The van der Waals surface area contributed by atoms with Crippen molar-refractivity contribution in [1.82, 2.24) is 50.2 Å². The summed E-state index contributed by atoms with van der Waals surface area (Å²) >= 11 is 4.92. The fraction of sp³-hybridized carbons (Fsp3) is 0.722. The number of morpholine rings is 2. The molecule has 0 aromatic carbocycles. The van der Waals surface area contributed by atoms with Crippen molar-refractivity contribution in [3.8, 4) is 0 Å². The van der Waals surface area contributed by atoms with Crippen LogP contribution in [0.5, 0.6) is 0 Å². The van der Waals surface area contributed by atoms with Gasteiger partial charge in [-0.3, -0.25) is 48.2 Å². The van der Waals surface area contributed by atoms with Gasteiger partial charge >= 0.3 is 18.1 Å². The third-order valence-electron chi connectivity index (χ3n) is 19.8. The van der Waals surface area contributed by atoms with Gasteiger partial charge in [0.2, 0.25) is 11.8 Å². The van der Waals surface area contributed by atoms with Crippen molar-refractivity contribution >= 4 is 92.5 Å². The van der Waals surface area contributed by atoms with Crippen LogP contribution in [0.4, 0.5) is 13.2 Å². The lowest BCUT2D eigenvalue weighted by Gasteiger charge is -2.40. The van der Waals surface area contributed by atoms with Gasteiger partial charge in [0.1, 0.15) is 21.4 Å². The number of halogens is 3. The van der Waals surface area contributed by atoms with Gasteiger partial charge < -0.3 is 39.4 Å². The molecule has 6 heterocycles. The number of Topliss-reactive ketones (excluding diaryl/α,β-unsaturated/α-hetero) is 2. The summed E-state index contributed by atoms with van der Waals surface area (Å²) in [5.74, 6) is -1.99. The largest absolute Gasteiger partial charge is 0.455 e. The van der Waals surface area contributed by atoms with Gasteiger partial charge in [0.05, 0.1) is 48.5 Å². The lowest BCUT2D eigenvalue weighted by molar-refractivity contribution is -0.151. The monoisotopic (exact) mass is 1490 g/mol. The van der Waals surface area contributed by atoms with Crippen molar-refractivity contribution in [3.05, 3.63) is 64.3 Å². The lowest BCUT2D eigenvalue weighted by Crippen LogP contribution is -2.51. The third-order valence-corrected chi connectivity index (χ3v) is 23.5. The van der Waals surface area contributed by atoms with Crippen molar-refractivity contribution in [1.29, 1.82) is 0 Å². The van der Waals surface area contributed by atoms with Crippen LogP contribution in [0.2, 0.25) is 0 Å². The van der Waals surface area contributed by atoms with Crippen molar-refractivity contribution in [2.45, 2.75) is 221 Å². The molecule has 2 aliphatic carbocycles. The molecule has 2 N–H and O–H groups in total. The number of amides is 4. The predicted octanol–water partition coefficient (Wildman–Crippen LogP) is 11.7. The highest BCUT2D eigenvalue weighted by molar-refractivity contribution is 7.10. The van der Waals surface area contributed by atoms with Gasteiger partial charge in [-0.2, -0.15) is 13.2 Å². The Balaban J connectivity index is 0.000000284. The zero-order chi connectivity index (χ0) is 74.2. The van der Waals surface area contributed by atoms with E-state index in [2.05, 4.69) is 44.4 Å². The number of thiazole rings is 4. The molecule has 4 aromatic rings. The van der Waals surface area contributed by atoms with E-state index in [0.29, 0.717) is 74.7 Å². The molecule has 29 heteroatoms. The van der Waals surface area contributed by atoms with Crippen LogP contribution < -0.4 is 10.6 Å². The average molecular weight is 1490 g/mol. The number of esters is 2. The van der Waals surface area contributed by atoms with E-state index in [-0.39, 0.29) is 131 Å². The van der Waals surface area contributed by atoms with E-state index in [4.69, 9.17) is 18.9 Å². The number of likely N-dealkylation sites (N-methyl/N-ethyl adjacent to an activating group) is 2. The molecule has 8 rings (SSSR count). The maximum atomic E-state index is 14.2. The summed E-state index contributed by atoms with van der Waals surface area (Å²) in [4.78, 5) is 132. The standard InChI is InChI=1S/C36H52F3N5O6S2.C36H55N5O6S2/c1-20(2)13-24(14-32-42-31(19-51-32)36(37,38)39)40-33(47)26-18-52-34(41-26)30(50-22(5)45)16-27(21(3)4)44(7)35(48)25(23-9-8-10-23)15-29(46)28-17-49-12-11-43(28)6;1-21(2)14-26(15-33-37-23(5)19-48-33)38-34(44)28-20-49-35(39-28)32(47-24(6)42)17-29(22(3)4)41(8)36(45)27(25-10-9-11-25)16-31(43)30-18-46-13-12-40(30)7/h18-21,23-25,27-28,30H,8-17H2,1-7H3,(H,40,47);19-22,25-27,29-30,32H,9-18H2,1-8H3,(H,38,44)/t24-,25+,27-,28-,30-;26-,27+,29-,30-,32-/m11/s1. The summed E-state index contributed by atoms with van der Waals surface area (Å²) in [6.45, 7) is 24.0. The smallest absolute Gasteiger partial charge is 0.434 e. The molecule has 2 aliphatic heterocycles. The quantitative estimate of drug-likeness (QED) is 0.0412. The highest BCUT2D eigenvalue weighted by atomic mass is 32.1. The minimum atomic E-state index is -4.54. The summed E-state index contributed by atoms with van der Waals surface area (Å²) in [5.41, 5.74) is 0.375. The predicted molar refractivity (Wildman–Crippen MR) is 383 cm³/mol. The molecular formula is C72H107F3N10O12S4. The number of alkyl halides is 3. The van der Waals surface area contributed by atoms with Crippen LogP contribution in [0.1, 0.15) is 211 Å². The first-order valence-electron chi connectivity index (χ1n) is 35.6. The minimum Gasteiger partial charge on any atom is -0.455 e. The summed E-state index contributed by atoms with van der Waals surface area (Å²) in [7, 11) is 7.36. The van der Waals surface area contributed by atoms with E-state index < -0.39 is 59.8 Å². The Morgan fingerprint density at radius 3 is 1.30 bits per heavy atom. The number of rotatable bonds is 34. The van der Waals surface area contributed by atoms with Crippen LogP contribution in [-0.2, 0) is 66.7 Å². The SMILES string of the molecule is CC(=O)O[C@H](C[C@H](C(C)C)N(C)C(=O)[C@@H](CC(=O)[C@H]1COCCN1C)C1CCC1)c1nc(C(=O)N[C@@H](Cc2nc(C(F)(F)F)cs2)CC(C)C)cs1.CC(=O)O[C@H](C[C@H](C(C)C)N(C)C(=O)[C@@H](CC(=O)[C@H]1COCCN1C)C1CCC1)c1nc(C(=O)N[C@@H](Cc2nc(C)cs2)CC(C)C)cs1. The molecule has 22 nitrogen and oxygen atoms in total. The summed E-state index contributed by atoms with van der Waals surface area (Å²) in [6, 6.07) is -1.98. The molecule has 0 unspecified atom stereocenters. The molecule has 101 heavy (non-hydrogen) atoms. The van der Waals surface area contributed by atoms with Crippen LogP contribution in [0, 0.1) is 54.3 Å². The zero-order valence-electron chi connectivity index (χ0n) is 61.4. The van der Waals surface area contributed by atoms with Crippen molar-refractivity contribution in [3.63, 3.8) is 0 Å². The number of hydrogen-bond acceptors (Lipinski definition) is 22. The fourth-order valence-corrected chi connectivity index (χ4v) is 17.2. The Hall–Kier alpha value is -5.69. The molecule has 2 saturated heterocycles. The molecule has 4 aromatic heterocycles. The van der Waals surface area contributed by atoms with Gasteiger partial charge in [0, 0.05) is 143 Å². The van der Waals surface area contributed by atoms with Crippen molar-refractivity contribution in [2.24, 2.45) is 47.3 Å². The van der Waals surface area contributed by atoms with Gasteiger partial charge in [0.25, 0.3) is 11.8 Å². The summed E-state index contributed by atoms with van der Waals surface area (Å²) in [5, 5.41) is 14.5. The second-order valence-corrected chi connectivity index (χ2v) is 33.1. The van der Waals surface area contributed by atoms with Crippen LogP contribution in [-0.4, -0.2) is 191 Å². The number of nitrogens with one attached hydrogen (secondary N) is 2. The first-order chi connectivity index (χ1) is 47.7. The highest BCUT2D eigenvalue weighted by Crippen LogP contribution is 2.41. The first-order valence-corrected chi connectivity index (χ1v) is 39.1. The first kappa shape index (κ1) is 82.6. The highest BCUT2D eigenvalue weighted by Gasteiger charge is 2.44. The van der Waals surface area contributed by atoms with Crippen molar-refractivity contribution in [2.75, 3.05) is 67.7 Å². The molecule has 4 amide bonds. The number of ketones is 2. The average Bonchev–Trinajstić information content (AvgIpc) is 1.81. The molecule has 4 aliphatic rings. The van der Waals surface area contributed by atoms with E-state index >= 15 is 0 Å². The van der Waals surface area contributed by atoms with Gasteiger partial charge in [-0.1, -0.05) is 68.2 Å². The molecule has 562 valence electrons. The topological polar surface area (TPSA) is 262 Å².